The molecule has 0 aliphatic carbocycles. The van der Waals surface area contributed by atoms with Gasteiger partial charge in [0.2, 0.25) is 0 Å². The first-order chi connectivity index (χ1) is 12.7. The number of ether oxygens (including phenoxy) is 1. The van der Waals surface area contributed by atoms with Gasteiger partial charge in [-0.15, -0.1) is 11.8 Å². The minimum atomic E-state index is -0.659. The van der Waals surface area contributed by atoms with Crippen LogP contribution in [0.2, 0.25) is 0 Å². The third-order valence-electron chi connectivity index (χ3n) is 4.26. The van der Waals surface area contributed by atoms with Crippen molar-refractivity contribution in [2.24, 2.45) is 0 Å². The molecule has 0 saturated carbocycles. The Kier molecular flexibility index (Phi) is 6.35. The van der Waals surface area contributed by atoms with E-state index in [-0.39, 0.29) is 11.3 Å². The Morgan fingerprint density at radius 2 is 1.73 bits per heavy atom. The first-order valence-electron chi connectivity index (χ1n) is 8.57. The fraction of sp³-hybridized carbons (Fsp3) is 0.368. The van der Waals surface area contributed by atoms with Crippen LogP contribution in [0.1, 0.15) is 18.6 Å². The summed E-state index contributed by atoms with van der Waals surface area (Å²) in [6, 6.07) is 13.6. The minimum absolute atomic E-state index is 0.170. The van der Waals surface area contributed by atoms with Gasteiger partial charge in [0.1, 0.15) is 5.76 Å². The molecule has 2 amide bonds. The summed E-state index contributed by atoms with van der Waals surface area (Å²) in [7, 11) is 0. The zero-order chi connectivity index (χ0) is 18.2. The van der Waals surface area contributed by atoms with Crippen LogP contribution in [0.5, 0.6) is 0 Å². The number of carbonyl (C=O) groups excluding carboxylic acids is 2. The highest BCUT2D eigenvalue weighted by molar-refractivity contribution is 8.00. The topological polar surface area (TPSA) is 80.6 Å². The summed E-state index contributed by atoms with van der Waals surface area (Å²) < 4.78 is 10.4. The molecule has 7 heteroatoms. The largest absolute Gasteiger partial charge is 0.467 e. The normalized spacial score (nSPS) is 16.0. The molecule has 3 rings (SSSR count). The first kappa shape index (κ1) is 18.5. The Hall–Kier alpha value is -2.25. The Balaban J connectivity index is 1.55. The van der Waals surface area contributed by atoms with E-state index in [1.165, 1.54) is 6.26 Å². The molecule has 6 nitrogen and oxygen atoms in total. The lowest BCUT2D eigenvalue weighted by Crippen LogP contribution is -2.48. The molecule has 0 radical (unpaired) electrons. The molecule has 2 aromatic rings. The van der Waals surface area contributed by atoms with Crippen LogP contribution < -0.4 is 10.6 Å². The van der Waals surface area contributed by atoms with Gasteiger partial charge in [-0.1, -0.05) is 18.2 Å². The summed E-state index contributed by atoms with van der Waals surface area (Å²) in [6.07, 6.45) is 3.17. The van der Waals surface area contributed by atoms with Gasteiger partial charge in [-0.25, -0.2) is 0 Å². The van der Waals surface area contributed by atoms with Crippen LogP contribution in [0, 0.1) is 0 Å². The van der Waals surface area contributed by atoms with Gasteiger partial charge in [0.05, 0.1) is 12.8 Å². The molecule has 0 atom stereocenters. The Labute approximate surface area is 156 Å². The Morgan fingerprint density at radius 3 is 2.42 bits per heavy atom. The molecule has 1 aromatic heterocycles. The molecule has 2 N–H and O–H groups in total. The summed E-state index contributed by atoms with van der Waals surface area (Å²) >= 11 is 1.74. The number of hydrogen-bond donors (Lipinski definition) is 2. The molecular formula is C19H22N2O4S. The molecule has 1 fully saturated rings. The van der Waals surface area contributed by atoms with E-state index in [9.17, 15) is 9.59 Å². The second-order valence-electron chi connectivity index (χ2n) is 6.16. The SMILES string of the molecule is O=C(NCc1ccco1)C(=O)NCC1(Sc2ccccc2)CCOCC1. The minimum Gasteiger partial charge on any atom is -0.467 e. The summed E-state index contributed by atoms with van der Waals surface area (Å²) in [5.41, 5.74) is 0. The third kappa shape index (κ3) is 5.12. The van der Waals surface area contributed by atoms with Gasteiger partial charge in [-0.05, 0) is 37.1 Å². The predicted molar refractivity (Wildman–Crippen MR) is 98.6 cm³/mol. The maximum absolute atomic E-state index is 12.1. The zero-order valence-corrected chi connectivity index (χ0v) is 15.2. The van der Waals surface area contributed by atoms with Crippen molar-refractivity contribution in [3.63, 3.8) is 0 Å². The van der Waals surface area contributed by atoms with Crippen LogP contribution in [0.3, 0.4) is 0 Å². The van der Waals surface area contributed by atoms with Crippen molar-refractivity contribution in [1.29, 1.82) is 0 Å². The molecule has 1 aliphatic rings. The summed E-state index contributed by atoms with van der Waals surface area (Å²) in [5.74, 6) is -0.684. The molecule has 0 spiro atoms. The lowest BCUT2D eigenvalue weighted by Gasteiger charge is -2.36. The van der Waals surface area contributed by atoms with E-state index in [0.717, 1.165) is 17.7 Å². The Bertz CT molecular complexity index is 712. The van der Waals surface area contributed by atoms with Crippen molar-refractivity contribution in [3.05, 3.63) is 54.5 Å². The van der Waals surface area contributed by atoms with Crippen LogP contribution in [0.4, 0.5) is 0 Å². The summed E-state index contributed by atoms with van der Waals surface area (Å²) in [5, 5.41) is 5.34. The monoisotopic (exact) mass is 374 g/mol. The van der Waals surface area contributed by atoms with Gasteiger partial charge in [-0.2, -0.15) is 0 Å². The number of nitrogens with one attached hydrogen (secondary N) is 2. The van der Waals surface area contributed by atoms with Gasteiger partial charge in [-0.3, -0.25) is 9.59 Å². The van der Waals surface area contributed by atoms with Crippen molar-refractivity contribution in [2.45, 2.75) is 29.0 Å². The highest BCUT2D eigenvalue weighted by atomic mass is 32.2. The van der Waals surface area contributed by atoms with Crippen molar-refractivity contribution in [2.75, 3.05) is 19.8 Å². The molecule has 138 valence electrons. The maximum atomic E-state index is 12.1. The standard InChI is InChI=1S/C19H22N2O4S/c22-17(20-13-15-5-4-10-25-15)18(23)21-14-19(8-11-24-12-9-19)26-16-6-2-1-3-7-16/h1-7,10H,8-9,11-14H2,(H,20,22)(H,21,23). The first-order valence-corrected chi connectivity index (χ1v) is 9.39. The lowest BCUT2D eigenvalue weighted by atomic mass is 9.99. The van der Waals surface area contributed by atoms with Crippen molar-refractivity contribution in [1.82, 2.24) is 10.6 Å². The molecule has 1 saturated heterocycles. The van der Waals surface area contributed by atoms with Crippen molar-refractivity contribution in [3.8, 4) is 0 Å². The van der Waals surface area contributed by atoms with Crippen molar-refractivity contribution >= 4 is 23.6 Å². The number of benzene rings is 1. The smallest absolute Gasteiger partial charge is 0.309 e. The van der Waals surface area contributed by atoms with E-state index >= 15 is 0 Å². The van der Waals surface area contributed by atoms with E-state index in [0.29, 0.717) is 25.5 Å². The average Bonchev–Trinajstić information content (AvgIpc) is 3.19. The number of amides is 2. The van der Waals surface area contributed by atoms with Crippen LogP contribution in [0.15, 0.2) is 58.0 Å². The van der Waals surface area contributed by atoms with E-state index in [1.807, 2.05) is 18.2 Å². The van der Waals surface area contributed by atoms with Gasteiger partial charge in [0.15, 0.2) is 0 Å². The molecular weight excluding hydrogens is 352 g/mol. The predicted octanol–water partition coefficient (Wildman–Crippen LogP) is 2.35. The summed E-state index contributed by atoms with van der Waals surface area (Å²) in [6.45, 7) is 1.92. The number of furan rings is 1. The van der Waals surface area contributed by atoms with Crippen LogP contribution >= 0.6 is 11.8 Å². The third-order valence-corrected chi connectivity index (χ3v) is 5.76. The van der Waals surface area contributed by atoms with E-state index in [4.69, 9.17) is 9.15 Å². The van der Waals surface area contributed by atoms with E-state index in [1.54, 1.807) is 23.9 Å². The summed E-state index contributed by atoms with van der Waals surface area (Å²) in [4.78, 5) is 25.3. The second-order valence-corrected chi connectivity index (χ2v) is 7.70. The van der Waals surface area contributed by atoms with E-state index in [2.05, 4.69) is 22.8 Å². The fourth-order valence-corrected chi connectivity index (χ4v) is 4.09. The molecule has 1 aliphatic heterocycles. The molecule has 0 bridgehead atoms. The zero-order valence-electron chi connectivity index (χ0n) is 14.4. The fourth-order valence-electron chi connectivity index (χ4n) is 2.78. The highest BCUT2D eigenvalue weighted by Crippen LogP contribution is 2.39. The van der Waals surface area contributed by atoms with Gasteiger partial charge < -0.3 is 19.8 Å². The molecule has 0 unspecified atom stereocenters. The van der Waals surface area contributed by atoms with Gasteiger partial charge in [0, 0.05) is 29.4 Å². The molecule has 1 aromatic carbocycles. The van der Waals surface area contributed by atoms with Gasteiger partial charge in [0.25, 0.3) is 0 Å². The molecule has 26 heavy (non-hydrogen) atoms. The number of rotatable bonds is 6. The lowest BCUT2D eigenvalue weighted by molar-refractivity contribution is -0.139. The second kappa shape index (κ2) is 8.91. The average molecular weight is 374 g/mol. The van der Waals surface area contributed by atoms with Gasteiger partial charge >= 0.3 is 11.8 Å². The van der Waals surface area contributed by atoms with Crippen molar-refractivity contribution < 1.29 is 18.7 Å². The number of hydrogen-bond acceptors (Lipinski definition) is 5. The maximum Gasteiger partial charge on any atom is 0.309 e. The Morgan fingerprint density at radius 1 is 1.00 bits per heavy atom. The molecule has 2 heterocycles. The quantitative estimate of drug-likeness (QED) is 0.759. The number of thioether (sulfide) groups is 1. The number of carbonyl (C=O) groups is 2. The van der Waals surface area contributed by atoms with Crippen LogP contribution in [0.25, 0.3) is 0 Å². The van der Waals surface area contributed by atoms with Crippen LogP contribution in [-0.2, 0) is 20.9 Å². The van der Waals surface area contributed by atoms with Crippen LogP contribution in [-0.4, -0.2) is 36.3 Å². The highest BCUT2D eigenvalue weighted by Gasteiger charge is 2.34. The van der Waals surface area contributed by atoms with E-state index < -0.39 is 11.8 Å².